The average molecular weight is 457 g/mol. The van der Waals surface area contributed by atoms with E-state index in [0.29, 0.717) is 43.3 Å². The molecule has 2 aliphatic heterocycles. The van der Waals surface area contributed by atoms with Gasteiger partial charge in [0.05, 0.1) is 11.8 Å². The lowest BCUT2D eigenvalue weighted by molar-refractivity contribution is 0.0700. The Morgan fingerprint density at radius 2 is 2.03 bits per heavy atom. The number of hydrogen-bond acceptors (Lipinski definition) is 8. The molecular formula is C20H24N8O3S. The maximum atomic E-state index is 13.3. The zero-order valence-electron chi connectivity index (χ0n) is 17.3. The van der Waals surface area contributed by atoms with Gasteiger partial charge in [-0.1, -0.05) is 0 Å². The largest absolute Gasteiger partial charge is 0.465 e. The van der Waals surface area contributed by atoms with Crippen molar-refractivity contribution in [3.05, 3.63) is 29.5 Å². The SMILES string of the molecule is O=C(O)NC1CCN(C(=O)c2cc(N[C@H]3CCNC3)nc(-c3cnn4ccsc34)n2)CC1. The smallest absolute Gasteiger partial charge is 0.404 e. The summed E-state index contributed by atoms with van der Waals surface area (Å²) in [6.07, 6.45) is 4.70. The molecule has 2 saturated heterocycles. The molecule has 168 valence electrons. The first kappa shape index (κ1) is 20.6. The Hall–Kier alpha value is -3.25. The molecule has 4 N–H and O–H groups in total. The Labute approximate surface area is 187 Å². The molecule has 0 saturated carbocycles. The van der Waals surface area contributed by atoms with Crippen LogP contribution in [0.3, 0.4) is 0 Å². The van der Waals surface area contributed by atoms with Gasteiger partial charge in [0, 0.05) is 49.4 Å². The minimum Gasteiger partial charge on any atom is -0.465 e. The van der Waals surface area contributed by atoms with Crippen LogP contribution >= 0.6 is 11.3 Å². The van der Waals surface area contributed by atoms with E-state index in [1.54, 1.807) is 33.0 Å². The van der Waals surface area contributed by atoms with Gasteiger partial charge in [0.15, 0.2) is 5.82 Å². The van der Waals surface area contributed by atoms with Crippen molar-refractivity contribution in [1.82, 2.24) is 35.1 Å². The summed E-state index contributed by atoms with van der Waals surface area (Å²) in [5.74, 6) is 0.902. The summed E-state index contributed by atoms with van der Waals surface area (Å²) in [6, 6.07) is 1.82. The van der Waals surface area contributed by atoms with Gasteiger partial charge in [0.1, 0.15) is 16.3 Å². The van der Waals surface area contributed by atoms with Crippen LogP contribution in [0.15, 0.2) is 23.8 Å². The highest BCUT2D eigenvalue weighted by Gasteiger charge is 2.27. The van der Waals surface area contributed by atoms with Crippen LogP contribution in [-0.4, -0.2) is 79.9 Å². The number of nitrogens with one attached hydrogen (secondary N) is 3. The number of rotatable bonds is 5. The summed E-state index contributed by atoms with van der Waals surface area (Å²) in [7, 11) is 0. The van der Waals surface area contributed by atoms with Crippen molar-refractivity contribution in [3.8, 4) is 11.4 Å². The maximum absolute atomic E-state index is 13.3. The highest BCUT2D eigenvalue weighted by Crippen LogP contribution is 2.27. The zero-order chi connectivity index (χ0) is 22.1. The molecule has 0 aliphatic carbocycles. The van der Waals surface area contributed by atoms with E-state index in [-0.39, 0.29) is 18.0 Å². The molecule has 5 heterocycles. The average Bonchev–Trinajstić information content (AvgIpc) is 3.52. The molecule has 2 amide bonds. The molecule has 11 nitrogen and oxygen atoms in total. The van der Waals surface area contributed by atoms with Gasteiger partial charge >= 0.3 is 6.09 Å². The lowest BCUT2D eigenvalue weighted by atomic mass is 10.0. The lowest BCUT2D eigenvalue weighted by Crippen LogP contribution is -2.46. The number of carboxylic acid groups (broad SMARTS) is 1. The Morgan fingerprint density at radius 1 is 1.19 bits per heavy atom. The Morgan fingerprint density at radius 3 is 2.78 bits per heavy atom. The fourth-order valence-electron chi connectivity index (χ4n) is 4.18. The van der Waals surface area contributed by atoms with Crippen molar-refractivity contribution in [3.63, 3.8) is 0 Å². The van der Waals surface area contributed by atoms with Gasteiger partial charge in [-0.3, -0.25) is 4.79 Å². The number of nitrogens with zero attached hydrogens (tertiary/aromatic N) is 5. The fraction of sp³-hybridized carbons (Fsp3) is 0.450. The van der Waals surface area contributed by atoms with Crippen LogP contribution in [-0.2, 0) is 0 Å². The second-order valence-electron chi connectivity index (χ2n) is 8.02. The highest BCUT2D eigenvalue weighted by atomic mass is 32.1. The van der Waals surface area contributed by atoms with Gasteiger partial charge in [-0.25, -0.2) is 19.3 Å². The van der Waals surface area contributed by atoms with E-state index in [9.17, 15) is 9.59 Å². The molecule has 0 radical (unpaired) electrons. The van der Waals surface area contributed by atoms with Crippen molar-refractivity contribution in [2.45, 2.75) is 31.3 Å². The van der Waals surface area contributed by atoms with Crippen LogP contribution in [0.25, 0.3) is 16.2 Å². The lowest BCUT2D eigenvalue weighted by Gasteiger charge is -2.31. The Kier molecular flexibility index (Phi) is 5.62. The molecule has 0 bridgehead atoms. The topological polar surface area (TPSA) is 137 Å². The first-order valence-corrected chi connectivity index (χ1v) is 11.5. The van der Waals surface area contributed by atoms with Crippen LogP contribution in [0, 0.1) is 0 Å². The van der Waals surface area contributed by atoms with Crippen molar-refractivity contribution >= 4 is 34.0 Å². The molecule has 3 aromatic rings. The number of piperidine rings is 1. The van der Waals surface area contributed by atoms with E-state index >= 15 is 0 Å². The quantitative estimate of drug-likeness (QED) is 0.453. The summed E-state index contributed by atoms with van der Waals surface area (Å²) < 4.78 is 1.77. The second-order valence-corrected chi connectivity index (χ2v) is 8.92. The summed E-state index contributed by atoms with van der Waals surface area (Å²) in [5.41, 5.74) is 1.11. The fourth-order valence-corrected chi connectivity index (χ4v) is 4.97. The number of anilines is 1. The number of amides is 2. The van der Waals surface area contributed by atoms with Gasteiger partial charge in [-0.15, -0.1) is 11.3 Å². The summed E-state index contributed by atoms with van der Waals surface area (Å²) in [6.45, 7) is 2.73. The first-order valence-electron chi connectivity index (χ1n) is 10.6. The molecule has 0 spiro atoms. The summed E-state index contributed by atoms with van der Waals surface area (Å²) in [4.78, 5) is 36.1. The van der Waals surface area contributed by atoms with E-state index in [1.165, 1.54) is 0 Å². The van der Waals surface area contributed by atoms with Gasteiger partial charge in [0.2, 0.25) is 0 Å². The van der Waals surface area contributed by atoms with E-state index in [1.807, 2.05) is 11.6 Å². The molecule has 0 aromatic carbocycles. The van der Waals surface area contributed by atoms with E-state index in [4.69, 9.17) is 10.1 Å². The summed E-state index contributed by atoms with van der Waals surface area (Å²) in [5, 5.41) is 24.5. The second kappa shape index (κ2) is 8.71. The Bertz CT molecular complexity index is 1130. The van der Waals surface area contributed by atoms with Crippen LogP contribution in [0.4, 0.5) is 10.6 Å². The molecule has 12 heteroatoms. The molecule has 5 rings (SSSR count). The third kappa shape index (κ3) is 4.23. The molecule has 2 aliphatic rings. The molecule has 3 aromatic heterocycles. The molecule has 0 unspecified atom stereocenters. The number of carbonyl (C=O) groups excluding carboxylic acids is 1. The van der Waals surface area contributed by atoms with Crippen LogP contribution in [0.5, 0.6) is 0 Å². The van der Waals surface area contributed by atoms with Gasteiger partial charge in [-0.2, -0.15) is 5.10 Å². The van der Waals surface area contributed by atoms with E-state index in [2.05, 4.69) is 26.0 Å². The minimum absolute atomic E-state index is 0.135. The third-order valence-corrected chi connectivity index (χ3v) is 6.73. The first-order chi connectivity index (χ1) is 15.6. The standard InChI is InChI=1S/C20H24N8O3S/c29-18(27-5-2-12(3-6-27)24-20(30)31)15-9-16(23-13-1-4-21-10-13)26-17(25-15)14-11-22-28-7-8-32-19(14)28/h7-9,11-13,21,24H,1-6,10H2,(H,30,31)(H,23,25,26)/t13-/m0/s1. The number of likely N-dealkylation sites (tertiary alicyclic amines) is 1. The predicted molar refractivity (Wildman–Crippen MR) is 119 cm³/mol. The van der Waals surface area contributed by atoms with Gasteiger partial charge in [-0.05, 0) is 25.8 Å². The van der Waals surface area contributed by atoms with Crippen molar-refractivity contribution in [1.29, 1.82) is 0 Å². The number of aromatic nitrogens is 4. The highest BCUT2D eigenvalue weighted by molar-refractivity contribution is 7.16. The molecule has 2 fully saturated rings. The number of thiazole rings is 1. The van der Waals surface area contributed by atoms with Gasteiger partial charge in [0.25, 0.3) is 5.91 Å². The predicted octanol–water partition coefficient (Wildman–Crippen LogP) is 1.50. The van der Waals surface area contributed by atoms with Crippen LogP contribution in [0.2, 0.25) is 0 Å². The number of carbonyl (C=O) groups is 2. The monoisotopic (exact) mass is 456 g/mol. The molecular weight excluding hydrogens is 432 g/mol. The van der Waals surface area contributed by atoms with Crippen molar-refractivity contribution < 1.29 is 14.7 Å². The minimum atomic E-state index is -1.03. The van der Waals surface area contributed by atoms with Crippen LogP contribution in [0.1, 0.15) is 29.8 Å². The number of hydrogen-bond donors (Lipinski definition) is 4. The summed E-state index contributed by atoms with van der Waals surface area (Å²) >= 11 is 1.54. The van der Waals surface area contributed by atoms with Crippen LogP contribution < -0.4 is 16.0 Å². The zero-order valence-corrected chi connectivity index (χ0v) is 18.1. The normalized spacial score (nSPS) is 19.4. The molecule has 1 atom stereocenters. The maximum Gasteiger partial charge on any atom is 0.404 e. The van der Waals surface area contributed by atoms with E-state index in [0.717, 1.165) is 29.9 Å². The van der Waals surface area contributed by atoms with E-state index < -0.39 is 6.09 Å². The molecule has 32 heavy (non-hydrogen) atoms. The van der Waals surface area contributed by atoms with Crippen molar-refractivity contribution in [2.24, 2.45) is 0 Å². The Balaban J connectivity index is 1.42. The van der Waals surface area contributed by atoms with Gasteiger partial charge < -0.3 is 26.0 Å². The number of fused-ring (bicyclic) bond motifs is 1. The third-order valence-electron chi connectivity index (χ3n) is 5.84. The van der Waals surface area contributed by atoms with Crippen molar-refractivity contribution in [2.75, 3.05) is 31.5 Å².